The highest BCUT2D eigenvalue weighted by atomic mass is 16.6. The van der Waals surface area contributed by atoms with Crippen molar-refractivity contribution >= 4 is 28.7 Å². The van der Waals surface area contributed by atoms with Crippen LogP contribution >= 0.6 is 0 Å². The zero-order valence-corrected chi connectivity index (χ0v) is 24.7. The van der Waals surface area contributed by atoms with Gasteiger partial charge in [-0.05, 0) is 35.1 Å². The summed E-state index contributed by atoms with van der Waals surface area (Å²) in [6.45, 7) is 8.50. The number of nitrogens with zero attached hydrogens (tertiary/aromatic N) is 5. The van der Waals surface area contributed by atoms with Crippen LogP contribution in [0.15, 0.2) is 67.3 Å². The highest BCUT2D eigenvalue weighted by Crippen LogP contribution is 2.32. The molecule has 12 heteroatoms. The molecule has 2 amide bonds. The van der Waals surface area contributed by atoms with Crippen LogP contribution in [0.4, 0.5) is 16.3 Å². The maximum absolute atomic E-state index is 12.5. The molecule has 12 nitrogen and oxygen atoms in total. The lowest BCUT2D eigenvalue weighted by Gasteiger charge is -2.27. The first-order valence-electron chi connectivity index (χ1n) is 14.5. The van der Waals surface area contributed by atoms with Crippen molar-refractivity contribution in [2.24, 2.45) is 0 Å². The summed E-state index contributed by atoms with van der Waals surface area (Å²) in [5.74, 6) is 0.225. The van der Waals surface area contributed by atoms with E-state index >= 15 is 0 Å². The third-order valence-corrected chi connectivity index (χ3v) is 7.63. The number of ether oxygens (including phenoxy) is 1. The Morgan fingerprint density at radius 1 is 1.05 bits per heavy atom. The number of amides is 2. The standard InChI is InChI=1S/C31H40N8O4/c1-31(2,3)21-10-12-22(13-11-21)37-30(42)33-14-7-15-38(16-20-8-5-4-6-9-20)17-23-25(40)26(41)29(43-23)39-19-36-24-27(32)34-18-35-28(24)39/h4-6,8-13,18-19,23,25-26,29,40-41H,7,14-17H2,1-3H3,(H2,32,34,35)(H2,33,37,42)/t23-,25+,26-,29-/m1/s1. The maximum Gasteiger partial charge on any atom is 0.319 e. The van der Waals surface area contributed by atoms with Crippen molar-refractivity contribution < 1.29 is 19.7 Å². The predicted molar refractivity (Wildman–Crippen MR) is 164 cm³/mol. The zero-order chi connectivity index (χ0) is 30.6. The molecule has 5 rings (SSSR count). The molecule has 0 radical (unpaired) electrons. The van der Waals surface area contributed by atoms with Crippen LogP contribution < -0.4 is 16.4 Å². The Labute approximate surface area is 250 Å². The molecular weight excluding hydrogens is 548 g/mol. The van der Waals surface area contributed by atoms with Crippen molar-refractivity contribution in [1.29, 1.82) is 0 Å². The van der Waals surface area contributed by atoms with Gasteiger partial charge in [0.1, 0.15) is 30.2 Å². The molecule has 1 fully saturated rings. The molecule has 1 saturated heterocycles. The quantitative estimate of drug-likeness (QED) is 0.175. The molecule has 0 unspecified atom stereocenters. The summed E-state index contributed by atoms with van der Waals surface area (Å²) in [5, 5.41) is 27.7. The zero-order valence-electron chi connectivity index (χ0n) is 24.7. The second-order valence-electron chi connectivity index (χ2n) is 11.9. The predicted octanol–water partition coefficient (Wildman–Crippen LogP) is 3.04. The van der Waals surface area contributed by atoms with Gasteiger partial charge in [0.2, 0.25) is 0 Å². The fourth-order valence-electron chi connectivity index (χ4n) is 5.23. The lowest BCUT2D eigenvalue weighted by atomic mass is 9.87. The number of carbonyl (C=O) groups excluding carboxylic acids is 1. The molecule has 1 aliphatic rings. The highest BCUT2D eigenvalue weighted by Gasteiger charge is 2.44. The van der Waals surface area contributed by atoms with E-state index in [0.717, 1.165) is 11.3 Å². The molecule has 4 aromatic rings. The van der Waals surface area contributed by atoms with Gasteiger partial charge < -0.3 is 31.3 Å². The second kappa shape index (κ2) is 13.0. The number of carbonyl (C=O) groups is 1. The van der Waals surface area contributed by atoms with Crippen LogP contribution in [0, 0.1) is 0 Å². The van der Waals surface area contributed by atoms with Crippen LogP contribution in [0.5, 0.6) is 0 Å². The van der Waals surface area contributed by atoms with Gasteiger partial charge in [-0.2, -0.15) is 0 Å². The molecule has 43 heavy (non-hydrogen) atoms. The third kappa shape index (κ3) is 7.28. The summed E-state index contributed by atoms with van der Waals surface area (Å²) >= 11 is 0. The molecule has 0 saturated carbocycles. The summed E-state index contributed by atoms with van der Waals surface area (Å²) in [5.41, 5.74) is 9.81. The van der Waals surface area contributed by atoms with Crippen LogP contribution in [-0.4, -0.2) is 78.6 Å². The summed E-state index contributed by atoms with van der Waals surface area (Å²) in [4.78, 5) is 27.1. The smallest absolute Gasteiger partial charge is 0.319 e. The minimum Gasteiger partial charge on any atom is -0.387 e. The minimum absolute atomic E-state index is 0.0440. The molecule has 6 N–H and O–H groups in total. The largest absolute Gasteiger partial charge is 0.387 e. The first-order valence-corrected chi connectivity index (χ1v) is 14.5. The fraction of sp³-hybridized carbons (Fsp3) is 0.419. The number of nitrogens with two attached hydrogens (primary N) is 1. The minimum atomic E-state index is -1.19. The lowest BCUT2D eigenvalue weighted by Crippen LogP contribution is -2.41. The molecular formula is C31H40N8O4. The van der Waals surface area contributed by atoms with Crippen molar-refractivity contribution in [3.8, 4) is 0 Å². The molecule has 3 heterocycles. The van der Waals surface area contributed by atoms with Gasteiger partial charge in [0.15, 0.2) is 17.7 Å². The number of aliphatic hydroxyl groups is 2. The normalized spacial score (nSPS) is 20.5. The number of aliphatic hydroxyl groups excluding tert-OH is 2. The van der Waals surface area contributed by atoms with Gasteiger partial charge >= 0.3 is 6.03 Å². The van der Waals surface area contributed by atoms with E-state index in [1.54, 1.807) is 4.57 Å². The maximum atomic E-state index is 12.5. The number of imidazole rings is 1. The van der Waals surface area contributed by atoms with Gasteiger partial charge in [0.05, 0.1) is 6.33 Å². The summed E-state index contributed by atoms with van der Waals surface area (Å²) in [6.07, 6.45) is -0.415. The first-order chi connectivity index (χ1) is 20.6. The molecule has 0 spiro atoms. The number of rotatable bonds is 10. The number of aromatic nitrogens is 4. The van der Waals surface area contributed by atoms with Crippen molar-refractivity contribution in [3.63, 3.8) is 0 Å². The van der Waals surface area contributed by atoms with Gasteiger partial charge in [-0.1, -0.05) is 63.2 Å². The Morgan fingerprint density at radius 2 is 1.79 bits per heavy atom. The van der Waals surface area contributed by atoms with Crippen LogP contribution in [0.2, 0.25) is 0 Å². The molecule has 0 bridgehead atoms. The average Bonchev–Trinajstić information content (AvgIpc) is 3.53. The Balaban J connectivity index is 1.18. The molecule has 1 aliphatic heterocycles. The van der Waals surface area contributed by atoms with E-state index in [1.165, 1.54) is 18.2 Å². The second-order valence-corrected chi connectivity index (χ2v) is 11.9. The average molecular weight is 589 g/mol. The number of nitrogen functional groups attached to an aromatic ring is 1. The van der Waals surface area contributed by atoms with E-state index in [4.69, 9.17) is 10.5 Å². The molecule has 2 aromatic heterocycles. The number of benzene rings is 2. The molecule has 4 atom stereocenters. The van der Waals surface area contributed by atoms with E-state index in [1.807, 2.05) is 54.6 Å². The van der Waals surface area contributed by atoms with Crippen molar-refractivity contribution in [2.45, 2.75) is 63.7 Å². The SMILES string of the molecule is CC(C)(C)c1ccc(NC(=O)NCCCN(Cc2ccccc2)C[C@H]2O[C@@H](n3cnc4c(N)ncnc43)[C@H](O)[C@H]2O)cc1. The number of hydrogen-bond donors (Lipinski definition) is 5. The Bertz CT molecular complexity index is 1510. The van der Waals surface area contributed by atoms with Crippen molar-refractivity contribution in [2.75, 3.05) is 30.7 Å². The van der Waals surface area contributed by atoms with E-state index < -0.39 is 24.5 Å². The van der Waals surface area contributed by atoms with Gasteiger partial charge in [-0.3, -0.25) is 9.47 Å². The number of nitrogens with one attached hydrogen (secondary N) is 2. The van der Waals surface area contributed by atoms with Crippen molar-refractivity contribution in [3.05, 3.63) is 78.4 Å². The molecule has 2 aromatic carbocycles. The van der Waals surface area contributed by atoms with Gasteiger partial charge in [-0.25, -0.2) is 19.7 Å². The van der Waals surface area contributed by atoms with Crippen LogP contribution in [0.3, 0.4) is 0 Å². The highest BCUT2D eigenvalue weighted by molar-refractivity contribution is 5.89. The summed E-state index contributed by atoms with van der Waals surface area (Å²) in [6, 6.07) is 17.6. The number of urea groups is 1. The third-order valence-electron chi connectivity index (χ3n) is 7.63. The number of hydrogen-bond acceptors (Lipinski definition) is 9. The fourth-order valence-corrected chi connectivity index (χ4v) is 5.23. The van der Waals surface area contributed by atoms with Crippen LogP contribution in [-0.2, 0) is 16.7 Å². The Morgan fingerprint density at radius 3 is 2.51 bits per heavy atom. The van der Waals surface area contributed by atoms with E-state index in [0.29, 0.717) is 43.8 Å². The Hall–Kier alpha value is -4.10. The summed E-state index contributed by atoms with van der Waals surface area (Å²) < 4.78 is 7.76. The van der Waals surface area contributed by atoms with Crippen LogP contribution in [0.1, 0.15) is 44.5 Å². The van der Waals surface area contributed by atoms with Gasteiger partial charge in [0.25, 0.3) is 0 Å². The molecule has 228 valence electrons. The summed E-state index contributed by atoms with van der Waals surface area (Å²) in [7, 11) is 0. The Kier molecular flexibility index (Phi) is 9.21. The lowest BCUT2D eigenvalue weighted by molar-refractivity contribution is -0.0449. The van der Waals surface area contributed by atoms with E-state index in [-0.39, 0.29) is 17.3 Å². The molecule has 0 aliphatic carbocycles. The first kappa shape index (κ1) is 30.4. The number of fused-ring (bicyclic) bond motifs is 1. The van der Waals surface area contributed by atoms with E-state index in [9.17, 15) is 15.0 Å². The van der Waals surface area contributed by atoms with Gasteiger partial charge in [0, 0.05) is 31.9 Å². The monoisotopic (exact) mass is 588 g/mol. The van der Waals surface area contributed by atoms with Crippen LogP contribution in [0.25, 0.3) is 11.2 Å². The van der Waals surface area contributed by atoms with Gasteiger partial charge in [-0.15, -0.1) is 0 Å². The number of anilines is 2. The van der Waals surface area contributed by atoms with Crippen molar-refractivity contribution in [1.82, 2.24) is 29.7 Å². The van der Waals surface area contributed by atoms with E-state index in [2.05, 4.69) is 51.3 Å². The topological polar surface area (TPSA) is 164 Å².